The molecule has 0 saturated carbocycles. The quantitative estimate of drug-likeness (QED) is 0.196. The molecule has 0 aliphatic heterocycles. The summed E-state index contributed by atoms with van der Waals surface area (Å²) in [5.41, 5.74) is 12.6. The van der Waals surface area contributed by atoms with Gasteiger partial charge in [0.15, 0.2) is 5.69 Å². The molecule has 0 amide bonds. The number of aromatic nitrogens is 1. The third-order valence-electron chi connectivity index (χ3n) is 9.43. The summed E-state index contributed by atoms with van der Waals surface area (Å²) in [7, 11) is 0. The zero-order chi connectivity index (χ0) is 28.9. The Balaban J connectivity index is 1.29. The molecule has 0 atom stereocenters. The summed E-state index contributed by atoms with van der Waals surface area (Å²) in [4.78, 5) is 3.99. The van der Waals surface area contributed by atoms with Gasteiger partial charge in [-0.05, 0) is 70.3 Å². The van der Waals surface area contributed by atoms with Gasteiger partial charge in [-0.2, -0.15) is 0 Å². The maximum Gasteiger partial charge on any atom is 0.196 e. The molecular formula is C40H26N2O. The molecule has 3 heteroatoms. The number of benzene rings is 6. The van der Waals surface area contributed by atoms with Gasteiger partial charge in [-0.25, -0.2) is 4.85 Å². The molecule has 202 valence electrons. The second kappa shape index (κ2) is 8.47. The van der Waals surface area contributed by atoms with Crippen LogP contribution in [0, 0.1) is 6.57 Å². The number of rotatable bonds is 2. The van der Waals surface area contributed by atoms with Crippen LogP contribution in [-0.2, 0) is 5.41 Å². The Morgan fingerprint density at radius 1 is 0.605 bits per heavy atom. The molecule has 2 aromatic heterocycles. The smallest absolute Gasteiger partial charge is 0.196 e. The fourth-order valence-corrected chi connectivity index (χ4v) is 7.41. The highest BCUT2D eigenvalue weighted by molar-refractivity contribution is 6.11. The van der Waals surface area contributed by atoms with Gasteiger partial charge in [0.25, 0.3) is 0 Å². The van der Waals surface area contributed by atoms with Crippen molar-refractivity contribution in [1.29, 1.82) is 0 Å². The van der Waals surface area contributed by atoms with Crippen molar-refractivity contribution in [2.75, 3.05) is 0 Å². The van der Waals surface area contributed by atoms with Crippen LogP contribution in [0.25, 0.3) is 76.5 Å². The second-order valence-corrected chi connectivity index (χ2v) is 12.0. The van der Waals surface area contributed by atoms with Crippen molar-refractivity contribution in [3.8, 4) is 27.9 Å². The molecule has 0 fully saturated rings. The van der Waals surface area contributed by atoms with Crippen molar-refractivity contribution in [3.63, 3.8) is 0 Å². The Morgan fingerprint density at radius 3 is 2.07 bits per heavy atom. The topological polar surface area (TPSA) is 22.4 Å². The zero-order valence-electron chi connectivity index (χ0n) is 23.8. The fourth-order valence-electron chi connectivity index (χ4n) is 7.41. The average molecular weight is 551 g/mol. The van der Waals surface area contributed by atoms with Crippen LogP contribution in [0.2, 0.25) is 0 Å². The molecule has 1 aliphatic carbocycles. The molecule has 0 bridgehead atoms. The van der Waals surface area contributed by atoms with Crippen LogP contribution in [0.1, 0.15) is 25.0 Å². The largest absolute Gasteiger partial charge is 0.456 e. The first-order valence-electron chi connectivity index (χ1n) is 14.6. The maximum atomic E-state index is 8.10. The van der Waals surface area contributed by atoms with E-state index in [0.29, 0.717) is 5.69 Å². The monoisotopic (exact) mass is 550 g/mol. The summed E-state index contributed by atoms with van der Waals surface area (Å²) in [5, 5.41) is 4.60. The first-order valence-corrected chi connectivity index (χ1v) is 14.6. The van der Waals surface area contributed by atoms with Crippen molar-refractivity contribution in [2.45, 2.75) is 19.3 Å². The molecule has 6 aromatic carbocycles. The molecule has 0 spiro atoms. The minimum atomic E-state index is -0.0873. The van der Waals surface area contributed by atoms with Crippen LogP contribution in [0.15, 0.2) is 126 Å². The lowest BCUT2D eigenvalue weighted by Crippen LogP contribution is -2.14. The third kappa shape index (κ3) is 3.18. The SMILES string of the molecule is [C-]#[N+]c1cccc(-n2c3ccccc3c3ccccc32)c1-c1ccc2c(c1)oc1cc3c(cc12)-c1ccccc1C3(C)C. The van der Waals surface area contributed by atoms with Gasteiger partial charge in [-0.1, -0.05) is 92.7 Å². The molecule has 0 saturated heterocycles. The lowest BCUT2D eigenvalue weighted by molar-refractivity contribution is 0.647. The first-order chi connectivity index (χ1) is 21.0. The summed E-state index contributed by atoms with van der Waals surface area (Å²) in [6, 6.07) is 42.7. The summed E-state index contributed by atoms with van der Waals surface area (Å²) in [6.07, 6.45) is 0. The number of furan rings is 1. The molecule has 0 radical (unpaired) electrons. The van der Waals surface area contributed by atoms with E-state index in [0.717, 1.165) is 49.8 Å². The van der Waals surface area contributed by atoms with E-state index in [1.165, 1.54) is 33.0 Å². The molecule has 0 unspecified atom stereocenters. The lowest BCUT2D eigenvalue weighted by atomic mass is 9.82. The van der Waals surface area contributed by atoms with E-state index in [4.69, 9.17) is 11.0 Å². The summed E-state index contributed by atoms with van der Waals surface area (Å²) >= 11 is 0. The van der Waals surface area contributed by atoms with E-state index in [1.54, 1.807) is 0 Å². The number of fused-ring (bicyclic) bond motifs is 9. The Morgan fingerprint density at radius 2 is 1.30 bits per heavy atom. The molecular weight excluding hydrogens is 524 g/mol. The summed E-state index contributed by atoms with van der Waals surface area (Å²) < 4.78 is 8.89. The predicted octanol–water partition coefficient (Wildman–Crippen LogP) is 11.2. The van der Waals surface area contributed by atoms with Gasteiger partial charge >= 0.3 is 0 Å². The number of hydrogen-bond acceptors (Lipinski definition) is 1. The van der Waals surface area contributed by atoms with Crippen LogP contribution in [0.5, 0.6) is 0 Å². The van der Waals surface area contributed by atoms with Crippen molar-refractivity contribution < 1.29 is 4.42 Å². The standard InChI is InChI=1S/C40H26N2O/c1-40(2)31-14-7-4-11-25(31)29-22-30-28-20-19-24(21-37(28)43-38(30)23-32(29)40)39-33(41-3)15-10-18-36(39)42-34-16-8-5-12-26(34)27-13-6-9-17-35(27)42/h4-23H,1-2H3. The molecule has 9 rings (SSSR count). The van der Waals surface area contributed by atoms with Crippen molar-refractivity contribution in [1.82, 2.24) is 4.57 Å². The molecule has 0 N–H and O–H groups in total. The highest BCUT2D eigenvalue weighted by Crippen LogP contribution is 2.51. The number of nitrogens with zero attached hydrogens (tertiary/aromatic N) is 2. The highest BCUT2D eigenvalue weighted by Gasteiger charge is 2.36. The Kier molecular flexibility index (Phi) is 4.74. The maximum absolute atomic E-state index is 8.10. The molecule has 3 nitrogen and oxygen atoms in total. The van der Waals surface area contributed by atoms with E-state index in [9.17, 15) is 0 Å². The van der Waals surface area contributed by atoms with Crippen LogP contribution in [0.4, 0.5) is 5.69 Å². The Bertz CT molecular complexity index is 2450. The van der Waals surface area contributed by atoms with Gasteiger partial charge in [0.1, 0.15) is 11.2 Å². The average Bonchev–Trinajstić information content (AvgIpc) is 3.65. The van der Waals surface area contributed by atoms with E-state index in [2.05, 4.69) is 132 Å². The van der Waals surface area contributed by atoms with Crippen molar-refractivity contribution in [2.24, 2.45) is 0 Å². The Hall–Kier alpha value is -5.59. The first kappa shape index (κ1) is 24.1. The van der Waals surface area contributed by atoms with Gasteiger partial charge in [-0.15, -0.1) is 0 Å². The number of para-hydroxylation sites is 2. The van der Waals surface area contributed by atoms with E-state index in [-0.39, 0.29) is 5.41 Å². The van der Waals surface area contributed by atoms with Gasteiger partial charge in [0, 0.05) is 38.2 Å². The molecule has 43 heavy (non-hydrogen) atoms. The fraction of sp³-hybridized carbons (Fsp3) is 0.0750. The van der Waals surface area contributed by atoms with Gasteiger partial charge in [-0.3, -0.25) is 0 Å². The summed E-state index contributed by atoms with van der Waals surface area (Å²) in [5.74, 6) is 0. The molecule has 8 aromatic rings. The van der Waals surface area contributed by atoms with Gasteiger partial charge in [0.2, 0.25) is 0 Å². The van der Waals surface area contributed by atoms with Crippen LogP contribution < -0.4 is 0 Å². The van der Waals surface area contributed by atoms with Crippen molar-refractivity contribution >= 4 is 49.4 Å². The summed E-state index contributed by atoms with van der Waals surface area (Å²) in [6.45, 7) is 12.7. The van der Waals surface area contributed by atoms with Crippen LogP contribution in [-0.4, -0.2) is 4.57 Å². The molecule has 2 heterocycles. The van der Waals surface area contributed by atoms with Crippen molar-refractivity contribution in [3.05, 3.63) is 144 Å². The Labute approximate surface area is 249 Å². The predicted molar refractivity (Wildman–Crippen MR) is 177 cm³/mol. The van der Waals surface area contributed by atoms with E-state index in [1.807, 2.05) is 12.1 Å². The van der Waals surface area contributed by atoms with Crippen LogP contribution >= 0.6 is 0 Å². The van der Waals surface area contributed by atoms with E-state index < -0.39 is 0 Å². The number of hydrogen-bond donors (Lipinski definition) is 0. The third-order valence-corrected chi connectivity index (χ3v) is 9.43. The van der Waals surface area contributed by atoms with Gasteiger partial charge in [0.05, 0.1) is 17.6 Å². The van der Waals surface area contributed by atoms with E-state index >= 15 is 0 Å². The normalized spacial score (nSPS) is 13.5. The lowest BCUT2D eigenvalue weighted by Gasteiger charge is -2.21. The minimum absolute atomic E-state index is 0.0873. The highest BCUT2D eigenvalue weighted by atomic mass is 16.3. The molecule has 1 aliphatic rings. The van der Waals surface area contributed by atoms with Gasteiger partial charge < -0.3 is 8.98 Å². The zero-order valence-corrected chi connectivity index (χ0v) is 23.8. The second-order valence-electron chi connectivity index (χ2n) is 12.0. The van der Waals surface area contributed by atoms with Crippen LogP contribution in [0.3, 0.4) is 0 Å². The minimum Gasteiger partial charge on any atom is -0.456 e.